The van der Waals surface area contributed by atoms with E-state index in [0.29, 0.717) is 13.2 Å². The molecule has 10 heavy (non-hydrogen) atoms. The van der Waals surface area contributed by atoms with E-state index in [-0.39, 0.29) is 0 Å². The van der Waals surface area contributed by atoms with E-state index in [1.165, 1.54) is 0 Å². The fourth-order valence-electron chi connectivity index (χ4n) is 0.664. The highest BCUT2D eigenvalue weighted by Gasteiger charge is 2.05. The second kappa shape index (κ2) is 4.37. The predicted molar refractivity (Wildman–Crippen MR) is 44.4 cm³/mol. The summed E-state index contributed by atoms with van der Waals surface area (Å²) >= 11 is 1.75. The van der Waals surface area contributed by atoms with Gasteiger partial charge in [0, 0.05) is 12.3 Å². The van der Waals surface area contributed by atoms with Crippen LogP contribution in [0, 0.1) is 12.3 Å². The van der Waals surface area contributed by atoms with Crippen LogP contribution in [0.1, 0.15) is 0 Å². The Labute approximate surface area is 65.1 Å². The quantitative estimate of drug-likeness (QED) is 0.444. The van der Waals surface area contributed by atoms with E-state index in [0.717, 1.165) is 17.3 Å². The average Bonchev–Trinajstić information content (AvgIpc) is 2.41. The number of hydrogen-bond acceptors (Lipinski definition) is 3. The average molecular weight is 155 g/mol. The van der Waals surface area contributed by atoms with Gasteiger partial charge in [-0.3, -0.25) is 4.99 Å². The van der Waals surface area contributed by atoms with Gasteiger partial charge in [0.15, 0.2) is 0 Å². The Morgan fingerprint density at radius 1 is 1.80 bits per heavy atom. The highest BCUT2D eigenvalue weighted by molar-refractivity contribution is 8.14. The smallest absolute Gasteiger partial charge is 0.108 e. The summed E-state index contributed by atoms with van der Waals surface area (Å²) in [6, 6.07) is 0. The van der Waals surface area contributed by atoms with Crippen LogP contribution in [-0.2, 0) is 4.74 Å². The Morgan fingerprint density at radius 3 is 3.30 bits per heavy atom. The molecule has 0 radical (unpaired) electrons. The van der Waals surface area contributed by atoms with Crippen LogP contribution < -0.4 is 0 Å². The Bertz CT molecular complexity index is 171. The van der Waals surface area contributed by atoms with Crippen molar-refractivity contribution in [1.82, 2.24) is 0 Å². The van der Waals surface area contributed by atoms with Crippen molar-refractivity contribution >= 4 is 16.8 Å². The molecule has 0 atom stereocenters. The van der Waals surface area contributed by atoms with Crippen LogP contribution in [-0.4, -0.2) is 30.6 Å². The summed E-state index contributed by atoms with van der Waals surface area (Å²) in [4.78, 5) is 4.19. The van der Waals surface area contributed by atoms with Crippen molar-refractivity contribution in [2.75, 3.05) is 25.5 Å². The van der Waals surface area contributed by atoms with Gasteiger partial charge in [0.2, 0.25) is 0 Å². The van der Waals surface area contributed by atoms with Gasteiger partial charge >= 0.3 is 0 Å². The maximum absolute atomic E-state index is 5.08. The van der Waals surface area contributed by atoms with Gasteiger partial charge in [-0.1, -0.05) is 5.92 Å². The second-order valence-electron chi connectivity index (χ2n) is 1.82. The molecule has 0 fully saturated rings. The Kier molecular flexibility index (Phi) is 3.34. The number of ether oxygens (including phenoxy) is 1. The lowest BCUT2D eigenvalue weighted by molar-refractivity contribution is 0.211. The van der Waals surface area contributed by atoms with Crippen LogP contribution in [0.5, 0.6) is 0 Å². The lowest BCUT2D eigenvalue weighted by atomic mass is 10.7. The summed E-state index contributed by atoms with van der Waals surface area (Å²) in [7, 11) is 0. The van der Waals surface area contributed by atoms with Crippen molar-refractivity contribution in [2.24, 2.45) is 4.99 Å². The Balaban J connectivity index is 2.08. The first-order valence-electron chi connectivity index (χ1n) is 3.11. The van der Waals surface area contributed by atoms with Crippen LogP contribution in [0.15, 0.2) is 4.99 Å². The normalized spacial score (nSPS) is 16.5. The molecule has 0 spiro atoms. The zero-order valence-electron chi connectivity index (χ0n) is 5.67. The minimum atomic E-state index is 0.388. The SMILES string of the molecule is C#CCOCC1=NCCS1. The number of terminal acetylenes is 1. The molecule has 0 amide bonds. The molecule has 1 aliphatic heterocycles. The maximum Gasteiger partial charge on any atom is 0.108 e. The van der Waals surface area contributed by atoms with Gasteiger partial charge in [-0.2, -0.15) is 0 Å². The molecule has 1 aliphatic rings. The van der Waals surface area contributed by atoms with E-state index in [4.69, 9.17) is 11.2 Å². The predicted octanol–water partition coefficient (Wildman–Crippen LogP) is 0.781. The number of nitrogens with zero attached hydrogens (tertiary/aromatic N) is 1. The van der Waals surface area contributed by atoms with E-state index in [9.17, 15) is 0 Å². The van der Waals surface area contributed by atoms with E-state index in [1.54, 1.807) is 11.8 Å². The molecule has 0 aromatic heterocycles. The zero-order chi connectivity index (χ0) is 7.23. The first kappa shape index (κ1) is 7.64. The van der Waals surface area contributed by atoms with E-state index >= 15 is 0 Å². The molecule has 1 heterocycles. The minimum absolute atomic E-state index is 0.388. The number of rotatable bonds is 3. The molecule has 0 unspecified atom stereocenters. The Hall–Kier alpha value is -0.460. The third-order valence-electron chi connectivity index (χ3n) is 1.06. The summed E-state index contributed by atoms with van der Waals surface area (Å²) in [5, 5.41) is 1.08. The summed E-state index contributed by atoms with van der Waals surface area (Å²) in [5.74, 6) is 3.50. The molecular formula is C7H9NOS. The largest absolute Gasteiger partial charge is 0.362 e. The molecule has 3 heteroatoms. The third-order valence-corrected chi connectivity index (χ3v) is 2.03. The third kappa shape index (κ3) is 2.42. The van der Waals surface area contributed by atoms with Crippen LogP contribution in [0.25, 0.3) is 0 Å². The molecule has 54 valence electrons. The van der Waals surface area contributed by atoms with Crippen molar-refractivity contribution in [3.63, 3.8) is 0 Å². The topological polar surface area (TPSA) is 21.6 Å². The molecule has 0 N–H and O–H groups in total. The van der Waals surface area contributed by atoms with Gasteiger partial charge in [-0.25, -0.2) is 0 Å². The fraction of sp³-hybridized carbons (Fsp3) is 0.571. The fourth-order valence-corrected chi connectivity index (χ4v) is 1.43. The van der Waals surface area contributed by atoms with Crippen LogP contribution in [0.3, 0.4) is 0 Å². The molecule has 0 saturated carbocycles. The molecule has 0 bridgehead atoms. The summed E-state index contributed by atoms with van der Waals surface area (Å²) in [6.45, 7) is 1.91. The molecule has 1 rings (SSSR count). The van der Waals surface area contributed by atoms with Crippen LogP contribution >= 0.6 is 11.8 Å². The van der Waals surface area contributed by atoms with Crippen molar-refractivity contribution in [2.45, 2.75) is 0 Å². The lowest BCUT2D eigenvalue weighted by Gasteiger charge is -1.96. The van der Waals surface area contributed by atoms with Crippen molar-refractivity contribution in [3.05, 3.63) is 0 Å². The highest BCUT2D eigenvalue weighted by Crippen LogP contribution is 2.10. The van der Waals surface area contributed by atoms with Crippen LogP contribution in [0.2, 0.25) is 0 Å². The first-order chi connectivity index (χ1) is 4.93. The highest BCUT2D eigenvalue weighted by atomic mass is 32.2. The van der Waals surface area contributed by atoms with Gasteiger partial charge in [0.25, 0.3) is 0 Å². The standard InChI is InChI=1S/C7H9NOS/c1-2-4-9-6-7-8-3-5-10-7/h1H,3-6H2. The van der Waals surface area contributed by atoms with E-state index in [1.807, 2.05) is 0 Å². The molecule has 0 aromatic rings. The van der Waals surface area contributed by atoms with Gasteiger partial charge < -0.3 is 4.74 Å². The minimum Gasteiger partial charge on any atom is -0.362 e. The van der Waals surface area contributed by atoms with Gasteiger partial charge in [-0.05, 0) is 0 Å². The Morgan fingerprint density at radius 2 is 2.70 bits per heavy atom. The van der Waals surface area contributed by atoms with Crippen molar-refractivity contribution in [1.29, 1.82) is 0 Å². The maximum atomic E-state index is 5.08. The second-order valence-corrected chi connectivity index (χ2v) is 2.99. The van der Waals surface area contributed by atoms with Gasteiger partial charge in [-0.15, -0.1) is 18.2 Å². The molecule has 0 aliphatic carbocycles. The van der Waals surface area contributed by atoms with Gasteiger partial charge in [0.1, 0.15) is 6.61 Å². The zero-order valence-corrected chi connectivity index (χ0v) is 6.49. The van der Waals surface area contributed by atoms with E-state index < -0.39 is 0 Å². The first-order valence-corrected chi connectivity index (χ1v) is 4.09. The monoisotopic (exact) mass is 155 g/mol. The number of thioether (sulfide) groups is 1. The van der Waals surface area contributed by atoms with Crippen LogP contribution in [0.4, 0.5) is 0 Å². The summed E-state index contributed by atoms with van der Waals surface area (Å²) in [6.07, 6.45) is 4.99. The molecule has 0 saturated heterocycles. The molecule has 0 aromatic carbocycles. The van der Waals surface area contributed by atoms with Gasteiger partial charge in [0.05, 0.1) is 11.7 Å². The number of hydrogen-bond donors (Lipinski definition) is 0. The molecular weight excluding hydrogens is 146 g/mol. The van der Waals surface area contributed by atoms with Crippen molar-refractivity contribution < 1.29 is 4.74 Å². The summed E-state index contributed by atoms with van der Waals surface area (Å²) in [5.41, 5.74) is 0. The lowest BCUT2D eigenvalue weighted by Crippen LogP contribution is -2.02. The van der Waals surface area contributed by atoms with E-state index in [2.05, 4.69) is 10.9 Å². The number of aliphatic imine (C=N–C) groups is 1. The van der Waals surface area contributed by atoms with Crippen molar-refractivity contribution in [3.8, 4) is 12.3 Å². The molecule has 2 nitrogen and oxygen atoms in total. The summed E-state index contributed by atoms with van der Waals surface area (Å²) < 4.78 is 5.08.